The third kappa shape index (κ3) is 3.94. The molecular formula is C8H15N3O. The van der Waals surface area contributed by atoms with Gasteiger partial charge in [-0.3, -0.25) is 4.79 Å². The average molecular weight is 169 g/mol. The van der Waals surface area contributed by atoms with Gasteiger partial charge in [0.15, 0.2) is 0 Å². The van der Waals surface area contributed by atoms with Gasteiger partial charge >= 0.3 is 0 Å². The largest absolute Gasteiger partial charge is 0.347 e. The molecule has 68 valence electrons. The minimum atomic E-state index is -0.201. The summed E-state index contributed by atoms with van der Waals surface area (Å²) in [4.78, 5) is 12.7. The fourth-order valence-corrected chi connectivity index (χ4v) is 0.819. The lowest BCUT2D eigenvalue weighted by molar-refractivity contribution is -0.130. The first-order chi connectivity index (χ1) is 5.59. The molecule has 0 aliphatic carbocycles. The number of hydrogen-bond donors (Lipinski definition) is 1. The Morgan fingerprint density at radius 1 is 1.67 bits per heavy atom. The second-order valence-electron chi connectivity index (χ2n) is 2.82. The van der Waals surface area contributed by atoms with Crippen molar-refractivity contribution in [2.45, 2.75) is 19.4 Å². The molecule has 12 heavy (non-hydrogen) atoms. The molecule has 0 bridgehead atoms. The monoisotopic (exact) mass is 169 g/mol. The van der Waals surface area contributed by atoms with Crippen LogP contribution in [-0.2, 0) is 4.79 Å². The van der Waals surface area contributed by atoms with E-state index in [-0.39, 0.29) is 11.9 Å². The molecule has 0 aromatic rings. The quantitative estimate of drug-likeness (QED) is 0.601. The Labute approximate surface area is 73.2 Å². The van der Waals surface area contributed by atoms with Crippen molar-refractivity contribution in [1.82, 2.24) is 10.2 Å². The second kappa shape index (κ2) is 5.56. The maximum absolute atomic E-state index is 11.2. The summed E-state index contributed by atoms with van der Waals surface area (Å²) in [5.41, 5.74) is 0. The van der Waals surface area contributed by atoms with Gasteiger partial charge in [-0.05, 0) is 6.92 Å². The molecule has 0 aromatic heterocycles. The highest BCUT2D eigenvalue weighted by atomic mass is 16.2. The molecule has 0 saturated heterocycles. The lowest BCUT2D eigenvalue weighted by Gasteiger charge is -2.17. The highest BCUT2D eigenvalue weighted by molar-refractivity contribution is 5.80. The molecule has 0 fully saturated rings. The summed E-state index contributed by atoms with van der Waals surface area (Å²) in [5, 5.41) is 11.2. The molecule has 0 radical (unpaired) electrons. The molecule has 0 aromatic carbocycles. The molecule has 0 aliphatic rings. The Morgan fingerprint density at radius 3 is 2.67 bits per heavy atom. The Balaban J connectivity index is 3.66. The first kappa shape index (κ1) is 10.9. The van der Waals surface area contributed by atoms with Gasteiger partial charge in [-0.2, -0.15) is 5.26 Å². The van der Waals surface area contributed by atoms with E-state index in [0.29, 0.717) is 13.0 Å². The van der Waals surface area contributed by atoms with Crippen molar-refractivity contribution in [3.63, 3.8) is 0 Å². The van der Waals surface area contributed by atoms with Gasteiger partial charge in [0.1, 0.15) is 0 Å². The van der Waals surface area contributed by atoms with Crippen molar-refractivity contribution in [2.75, 3.05) is 20.6 Å². The zero-order valence-electron chi connectivity index (χ0n) is 7.79. The average Bonchev–Trinajstić information content (AvgIpc) is 2.03. The predicted molar refractivity (Wildman–Crippen MR) is 46.4 cm³/mol. The SMILES string of the molecule is CC(NCCC#N)C(=O)N(C)C. The van der Waals surface area contributed by atoms with Crippen LogP contribution in [0.5, 0.6) is 0 Å². The molecule has 0 saturated carbocycles. The van der Waals surface area contributed by atoms with Gasteiger partial charge in [0.25, 0.3) is 0 Å². The van der Waals surface area contributed by atoms with E-state index in [9.17, 15) is 4.79 Å². The molecule has 0 aliphatic heterocycles. The van der Waals surface area contributed by atoms with E-state index in [1.54, 1.807) is 21.0 Å². The number of nitrogens with one attached hydrogen (secondary N) is 1. The minimum absolute atomic E-state index is 0.0351. The fraction of sp³-hybridized carbons (Fsp3) is 0.750. The highest BCUT2D eigenvalue weighted by Gasteiger charge is 2.12. The first-order valence-corrected chi connectivity index (χ1v) is 3.91. The standard InChI is InChI=1S/C8H15N3O/c1-7(8(12)11(2)3)10-6-4-5-9/h7,10H,4,6H2,1-3H3. The van der Waals surface area contributed by atoms with Crippen molar-refractivity contribution in [1.29, 1.82) is 5.26 Å². The number of rotatable bonds is 4. The fourth-order valence-electron chi connectivity index (χ4n) is 0.819. The van der Waals surface area contributed by atoms with E-state index in [1.807, 2.05) is 6.07 Å². The summed E-state index contributed by atoms with van der Waals surface area (Å²) in [6, 6.07) is 1.80. The van der Waals surface area contributed by atoms with Crippen LogP contribution in [0.15, 0.2) is 0 Å². The van der Waals surface area contributed by atoms with Crippen LogP contribution in [0.2, 0.25) is 0 Å². The van der Waals surface area contributed by atoms with Gasteiger partial charge in [0, 0.05) is 27.1 Å². The number of carbonyl (C=O) groups is 1. The third-order valence-corrected chi connectivity index (χ3v) is 1.50. The van der Waals surface area contributed by atoms with E-state index < -0.39 is 0 Å². The minimum Gasteiger partial charge on any atom is -0.347 e. The molecule has 4 nitrogen and oxygen atoms in total. The summed E-state index contributed by atoms with van der Waals surface area (Å²) in [5.74, 6) is 0.0351. The summed E-state index contributed by atoms with van der Waals surface area (Å²) in [6.07, 6.45) is 0.436. The van der Waals surface area contributed by atoms with Crippen LogP contribution in [-0.4, -0.2) is 37.5 Å². The van der Waals surface area contributed by atoms with E-state index in [2.05, 4.69) is 5.32 Å². The van der Waals surface area contributed by atoms with Crippen molar-refractivity contribution >= 4 is 5.91 Å². The van der Waals surface area contributed by atoms with Crippen LogP contribution < -0.4 is 5.32 Å². The third-order valence-electron chi connectivity index (χ3n) is 1.50. The zero-order chi connectivity index (χ0) is 9.56. The molecule has 4 heteroatoms. The molecular weight excluding hydrogens is 154 g/mol. The van der Waals surface area contributed by atoms with Crippen molar-refractivity contribution in [3.8, 4) is 6.07 Å². The van der Waals surface area contributed by atoms with Crippen LogP contribution in [0, 0.1) is 11.3 Å². The van der Waals surface area contributed by atoms with Crippen molar-refractivity contribution in [2.24, 2.45) is 0 Å². The predicted octanol–water partition coefficient (Wildman–Crippen LogP) is -0.0336. The van der Waals surface area contributed by atoms with E-state index >= 15 is 0 Å². The maximum atomic E-state index is 11.2. The molecule has 1 atom stereocenters. The van der Waals surface area contributed by atoms with Crippen molar-refractivity contribution in [3.05, 3.63) is 0 Å². The summed E-state index contributed by atoms with van der Waals surface area (Å²) in [6.45, 7) is 2.36. The number of carbonyl (C=O) groups excluding carboxylic acids is 1. The van der Waals surface area contributed by atoms with E-state index in [4.69, 9.17) is 5.26 Å². The molecule has 1 unspecified atom stereocenters. The molecule has 0 heterocycles. The molecule has 0 spiro atoms. The van der Waals surface area contributed by atoms with Crippen LogP contribution in [0.25, 0.3) is 0 Å². The van der Waals surface area contributed by atoms with Crippen molar-refractivity contribution < 1.29 is 4.79 Å². The Bertz CT molecular complexity index is 183. The van der Waals surface area contributed by atoms with Crippen LogP contribution in [0.1, 0.15) is 13.3 Å². The highest BCUT2D eigenvalue weighted by Crippen LogP contribution is 1.88. The number of hydrogen-bond acceptors (Lipinski definition) is 3. The summed E-state index contributed by atoms with van der Waals surface area (Å²) in [7, 11) is 3.43. The number of nitriles is 1. The van der Waals surface area contributed by atoms with Crippen LogP contribution >= 0.6 is 0 Å². The van der Waals surface area contributed by atoms with Gasteiger partial charge in [-0.15, -0.1) is 0 Å². The van der Waals surface area contributed by atoms with Gasteiger partial charge < -0.3 is 10.2 Å². The number of likely N-dealkylation sites (N-methyl/N-ethyl adjacent to an activating group) is 1. The van der Waals surface area contributed by atoms with Gasteiger partial charge in [-0.25, -0.2) is 0 Å². The molecule has 0 rings (SSSR count). The van der Waals surface area contributed by atoms with Gasteiger partial charge in [0.2, 0.25) is 5.91 Å². The van der Waals surface area contributed by atoms with E-state index in [1.165, 1.54) is 4.90 Å². The zero-order valence-corrected chi connectivity index (χ0v) is 7.79. The van der Waals surface area contributed by atoms with Crippen LogP contribution in [0.4, 0.5) is 0 Å². The smallest absolute Gasteiger partial charge is 0.238 e. The lowest BCUT2D eigenvalue weighted by Crippen LogP contribution is -2.41. The van der Waals surface area contributed by atoms with E-state index in [0.717, 1.165) is 0 Å². The number of nitrogens with zero attached hydrogens (tertiary/aromatic N) is 2. The Kier molecular flexibility index (Phi) is 5.06. The molecule has 1 N–H and O–H groups in total. The maximum Gasteiger partial charge on any atom is 0.238 e. The van der Waals surface area contributed by atoms with Crippen LogP contribution in [0.3, 0.4) is 0 Å². The molecule has 1 amide bonds. The number of amides is 1. The summed E-state index contributed by atoms with van der Waals surface area (Å²) >= 11 is 0. The van der Waals surface area contributed by atoms with Gasteiger partial charge in [0.05, 0.1) is 12.1 Å². The normalized spacial score (nSPS) is 11.8. The lowest BCUT2D eigenvalue weighted by atomic mass is 10.3. The summed E-state index contributed by atoms with van der Waals surface area (Å²) < 4.78 is 0. The first-order valence-electron chi connectivity index (χ1n) is 3.91. The second-order valence-corrected chi connectivity index (χ2v) is 2.82. The Hall–Kier alpha value is -1.08. The topological polar surface area (TPSA) is 56.1 Å². The Morgan fingerprint density at radius 2 is 2.25 bits per heavy atom. The van der Waals surface area contributed by atoms with Gasteiger partial charge in [-0.1, -0.05) is 0 Å².